The first-order valence-electron chi connectivity index (χ1n) is 11.3. The number of carbonyl (C=O) groups is 1. The molecule has 3 nitrogen and oxygen atoms in total. The van der Waals surface area contributed by atoms with E-state index in [1.807, 2.05) is 84.9 Å². The first-order valence-corrected chi connectivity index (χ1v) is 11.3. The quantitative estimate of drug-likeness (QED) is 0.226. The third kappa shape index (κ3) is 5.84. The van der Waals surface area contributed by atoms with Gasteiger partial charge in [0.05, 0.1) is 12.3 Å². The van der Waals surface area contributed by atoms with Gasteiger partial charge in [0, 0.05) is 17.5 Å². The Labute approximate surface area is 199 Å². The van der Waals surface area contributed by atoms with Gasteiger partial charge in [-0.2, -0.15) is 0 Å². The highest BCUT2D eigenvalue weighted by atomic mass is 19.1. The summed E-state index contributed by atoms with van der Waals surface area (Å²) in [6.07, 6.45) is 0.408. The molecule has 0 bridgehead atoms. The lowest BCUT2D eigenvalue weighted by Gasteiger charge is -2.16. The molecule has 0 spiro atoms. The van der Waals surface area contributed by atoms with Gasteiger partial charge < -0.3 is 4.74 Å². The molecule has 1 atom stereocenters. The van der Waals surface area contributed by atoms with Crippen molar-refractivity contribution in [3.63, 3.8) is 0 Å². The van der Waals surface area contributed by atoms with E-state index in [0.717, 1.165) is 33.5 Å². The molecule has 170 valence electrons. The van der Waals surface area contributed by atoms with Crippen molar-refractivity contribution in [2.75, 3.05) is 6.61 Å². The molecule has 0 amide bonds. The van der Waals surface area contributed by atoms with E-state index in [4.69, 9.17) is 9.73 Å². The number of hydrogen-bond donors (Lipinski definition) is 0. The topological polar surface area (TPSA) is 38.7 Å². The van der Waals surface area contributed by atoms with Crippen LogP contribution in [-0.2, 0) is 16.0 Å². The molecule has 0 fully saturated rings. The Bertz CT molecular complexity index is 1190. The van der Waals surface area contributed by atoms with Crippen LogP contribution in [0.1, 0.15) is 23.6 Å². The van der Waals surface area contributed by atoms with Crippen LogP contribution in [0.3, 0.4) is 0 Å². The lowest BCUT2D eigenvalue weighted by Crippen LogP contribution is -2.26. The first-order chi connectivity index (χ1) is 16.6. The zero-order valence-electron chi connectivity index (χ0n) is 19.0. The van der Waals surface area contributed by atoms with E-state index in [2.05, 4.69) is 0 Å². The standard InChI is InChI=1S/C30H26FNO2/c1-2-34-30(33)28(21-22-13-15-23(16-14-22)24-17-19-27(31)20-18-24)32-29(25-9-5-3-6-10-25)26-11-7-4-8-12-26/h3-20,28H,2,21H2,1H3. The average molecular weight is 452 g/mol. The summed E-state index contributed by atoms with van der Waals surface area (Å²) in [7, 11) is 0. The summed E-state index contributed by atoms with van der Waals surface area (Å²) in [6, 6.07) is 33.3. The van der Waals surface area contributed by atoms with E-state index in [-0.39, 0.29) is 11.8 Å². The summed E-state index contributed by atoms with van der Waals surface area (Å²) >= 11 is 0. The molecule has 4 aromatic rings. The van der Waals surface area contributed by atoms with Crippen LogP contribution < -0.4 is 0 Å². The van der Waals surface area contributed by atoms with E-state index < -0.39 is 6.04 Å². The van der Waals surface area contributed by atoms with E-state index in [1.54, 1.807) is 19.1 Å². The van der Waals surface area contributed by atoms with Gasteiger partial charge in [-0.3, -0.25) is 4.99 Å². The van der Waals surface area contributed by atoms with E-state index in [0.29, 0.717) is 13.0 Å². The van der Waals surface area contributed by atoms with Gasteiger partial charge in [0.2, 0.25) is 0 Å². The zero-order valence-corrected chi connectivity index (χ0v) is 19.0. The van der Waals surface area contributed by atoms with Gasteiger partial charge >= 0.3 is 5.97 Å². The molecule has 0 aliphatic carbocycles. The van der Waals surface area contributed by atoms with Gasteiger partial charge in [-0.05, 0) is 35.7 Å². The van der Waals surface area contributed by atoms with Crippen molar-refractivity contribution in [1.82, 2.24) is 0 Å². The van der Waals surface area contributed by atoms with E-state index in [1.165, 1.54) is 12.1 Å². The fourth-order valence-corrected chi connectivity index (χ4v) is 3.78. The first kappa shape index (κ1) is 23.1. The minimum Gasteiger partial charge on any atom is -0.464 e. The minimum absolute atomic E-state index is 0.261. The third-order valence-corrected chi connectivity index (χ3v) is 5.50. The summed E-state index contributed by atoms with van der Waals surface area (Å²) in [6.45, 7) is 2.09. The van der Waals surface area contributed by atoms with Crippen LogP contribution in [0, 0.1) is 5.82 Å². The third-order valence-electron chi connectivity index (χ3n) is 5.50. The average Bonchev–Trinajstić information content (AvgIpc) is 2.88. The predicted octanol–water partition coefficient (Wildman–Crippen LogP) is 6.50. The Morgan fingerprint density at radius 2 is 1.26 bits per heavy atom. The number of halogens is 1. The number of ether oxygens (including phenoxy) is 1. The van der Waals surface area contributed by atoms with Crippen LogP contribution in [0.15, 0.2) is 114 Å². The SMILES string of the molecule is CCOC(=O)C(Cc1ccc(-c2ccc(F)cc2)cc1)N=C(c1ccccc1)c1ccccc1. The smallest absolute Gasteiger partial charge is 0.331 e. The van der Waals surface area contributed by atoms with Crippen LogP contribution in [0.2, 0.25) is 0 Å². The molecule has 4 aromatic carbocycles. The number of aliphatic imine (C=N–C) groups is 1. The van der Waals surface area contributed by atoms with Crippen molar-refractivity contribution in [1.29, 1.82) is 0 Å². The van der Waals surface area contributed by atoms with Gasteiger partial charge in [-0.1, -0.05) is 97.1 Å². The summed E-state index contributed by atoms with van der Waals surface area (Å²) < 4.78 is 18.6. The van der Waals surface area contributed by atoms with E-state index in [9.17, 15) is 9.18 Å². The van der Waals surface area contributed by atoms with Crippen LogP contribution >= 0.6 is 0 Å². The number of esters is 1. The second-order valence-electron chi connectivity index (χ2n) is 7.89. The van der Waals surface area contributed by atoms with Crippen molar-refractivity contribution in [3.8, 4) is 11.1 Å². The van der Waals surface area contributed by atoms with Gasteiger partial charge in [0.25, 0.3) is 0 Å². The molecular weight excluding hydrogens is 425 g/mol. The van der Waals surface area contributed by atoms with Crippen molar-refractivity contribution in [3.05, 3.63) is 132 Å². The fraction of sp³-hybridized carbons (Fsp3) is 0.133. The van der Waals surface area contributed by atoms with Crippen molar-refractivity contribution >= 4 is 11.7 Å². The van der Waals surface area contributed by atoms with Crippen LogP contribution in [0.4, 0.5) is 4.39 Å². The van der Waals surface area contributed by atoms with Crippen LogP contribution in [0.25, 0.3) is 11.1 Å². The van der Waals surface area contributed by atoms with Crippen molar-refractivity contribution < 1.29 is 13.9 Å². The van der Waals surface area contributed by atoms with Crippen LogP contribution in [-0.4, -0.2) is 24.3 Å². The molecule has 4 heteroatoms. The fourth-order valence-electron chi connectivity index (χ4n) is 3.78. The Kier molecular flexibility index (Phi) is 7.61. The number of carbonyl (C=O) groups excluding carboxylic acids is 1. The van der Waals surface area contributed by atoms with Crippen molar-refractivity contribution in [2.45, 2.75) is 19.4 Å². The predicted molar refractivity (Wildman–Crippen MR) is 134 cm³/mol. The molecule has 0 aliphatic rings. The highest BCUT2D eigenvalue weighted by Gasteiger charge is 2.21. The maximum atomic E-state index is 13.2. The number of nitrogens with zero attached hydrogens (tertiary/aromatic N) is 1. The number of hydrogen-bond acceptors (Lipinski definition) is 3. The van der Waals surface area contributed by atoms with Gasteiger partial charge in [0.15, 0.2) is 6.04 Å². The maximum Gasteiger partial charge on any atom is 0.331 e. The monoisotopic (exact) mass is 451 g/mol. The summed E-state index contributed by atoms with van der Waals surface area (Å²) in [4.78, 5) is 17.8. The highest BCUT2D eigenvalue weighted by molar-refractivity contribution is 6.13. The van der Waals surface area contributed by atoms with Gasteiger partial charge in [0.1, 0.15) is 5.82 Å². The van der Waals surface area contributed by atoms with Gasteiger partial charge in [-0.15, -0.1) is 0 Å². The summed E-state index contributed by atoms with van der Waals surface area (Å²) in [5.74, 6) is -0.613. The minimum atomic E-state index is -0.688. The van der Waals surface area contributed by atoms with Crippen LogP contribution in [0.5, 0.6) is 0 Å². The molecule has 0 saturated heterocycles. The Hall–Kier alpha value is -4.05. The maximum absolute atomic E-state index is 13.2. The molecule has 0 saturated carbocycles. The van der Waals surface area contributed by atoms with E-state index >= 15 is 0 Å². The Morgan fingerprint density at radius 3 is 1.76 bits per heavy atom. The molecule has 34 heavy (non-hydrogen) atoms. The Morgan fingerprint density at radius 1 is 0.765 bits per heavy atom. The molecule has 0 radical (unpaired) electrons. The largest absolute Gasteiger partial charge is 0.464 e. The summed E-state index contributed by atoms with van der Waals surface area (Å²) in [5, 5.41) is 0. The normalized spacial score (nSPS) is 11.5. The molecule has 0 heterocycles. The lowest BCUT2D eigenvalue weighted by atomic mass is 9.99. The molecule has 0 aromatic heterocycles. The lowest BCUT2D eigenvalue weighted by molar-refractivity contribution is -0.144. The second kappa shape index (κ2) is 11.2. The molecule has 4 rings (SSSR count). The Balaban J connectivity index is 1.66. The van der Waals surface area contributed by atoms with Crippen molar-refractivity contribution in [2.24, 2.45) is 4.99 Å². The highest BCUT2D eigenvalue weighted by Crippen LogP contribution is 2.22. The zero-order chi connectivity index (χ0) is 23.8. The number of benzene rings is 4. The van der Waals surface area contributed by atoms with Gasteiger partial charge in [-0.25, -0.2) is 9.18 Å². The molecule has 0 N–H and O–H groups in total. The molecule has 0 aliphatic heterocycles. The molecule has 1 unspecified atom stereocenters. The molecular formula is C30H26FNO2. The summed E-state index contributed by atoms with van der Waals surface area (Å²) in [5.41, 5.74) is 5.51. The second-order valence-corrected chi connectivity index (χ2v) is 7.89. The number of rotatable bonds is 8.